The summed E-state index contributed by atoms with van der Waals surface area (Å²) in [7, 11) is 0. The number of hydrogen-bond acceptors (Lipinski definition) is 3. The van der Waals surface area contributed by atoms with Crippen molar-refractivity contribution in [3.8, 4) is 0 Å². The number of carbonyl (C=O) groups is 2. The van der Waals surface area contributed by atoms with Gasteiger partial charge < -0.3 is 15.5 Å². The molecular formula is C21H26Cl2F3N3O2. The fourth-order valence-electron chi connectivity index (χ4n) is 3.26. The predicted octanol–water partition coefficient (Wildman–Crippen LogP) is 4.29. The van der Waals surface area contributed by atoms with Gasteiger partial charge >= 0.3 is 6.18 Å². The normalized spacial score (nSPS) is 15.9. The number of nitrogens with one attached hydrogen (secondary N) is 2. The van der Waals surface area contributed by atoms with Crippen LogP contribution < -0.4 is 10.6 Å². The van der Waals surface area contributed by atoms with Crippen LogP contribution in [0.25, 0.3) is 6.08 Å². The van der Waals surface area contributed by atoms with Crippen LogP contribution in [0.2, 0.25) is 10.0 Å². The van der Waals surface area contributed by atoms with Crippen LogP contribution in [-0.2, 0) is 9.59 Å². The van der Waals surface area contributed by atoms with E-state index in [0.29, 0.717) is 35.6 Å². The minimum Gasteiger partial charge on any atom is -0.355 e. The highest BCUT2D eigenvalue weighted by Gasteiger charge is 2.27. The third kappa shape index (κ3) is 10.9. The monoisotopic (exact) mass is 479 g/mol. The lowest BCUT2D eigenvalue weighted by molar-refractivity contribution is -0.144. The number of alkyl halides is 3. The lowest BCUT2D eigenvalue weighted by Gasteiger charge is -2.31. The summed E-state index contributed by atoms with van der Waals surface area (Å²) in [4.78, 5) is 25.6. The second-order valence-corrected chi connectivity index (χ2v) is 8.40. The highest BCUT2D eigenvalue weighted by Crippen LogP contribution is 2.21. The van der Waals surface area contributed by atoms with Crippen LogP contribution in [0.4, 0.5) is 13.2 Å². The van der Waals surface area contributed by atoms with Crippen LogP contribution >= 0.6 is 23.2 Å². The molecule has 1 aromatic carbocycles. The average molecular weight is 480 g/mol. The number of benzene rings is 1. The predicted molar refractivity (Wildman–Crippen MR) is 116 cm³/mol. The van der Waals surface area contributed by atoms with E-state index in [4.69, 9.17) is 23.2 Å². The summed E-state index contributed by atoms with van der Waals surface area (Å²) in [6.07, 6.45) is -1.06. The third-order valence-corrected chi connectivity index (χ3v) is 5.41. The van der Waals surface area contributed by atoms with Gasteiger partial charge in [0.2, 0.25) is 11.8 Å². The molecule has 1 aromatic rings. The average Bonchev–Trinajstić information content (AvgIpc) is 2.69. The molecule has 0 saturated carbocycles. The second kappa shape index (κ2) is 12.3. The molecule has 1 aliphatic heterocycles. The Morgan fingerprint density at radius 2 is 1.74 bits per heavy atom. The maximum absolute atomic E-state index is 12.1. The molecule has 172 valence electrons. The van der Waals surface area contributed by atoms with Gasteiger partial charge in [-0.15, -0.1) is 0 Å². The summed E-state index contributed by atoms with van der Waals surface area (Å²) in [5.41, 5.74) is 0.742. The van der Waals surface area contributed by atoms with E-state index in [1.165, 1.54) is 6.08 Å². The Hall–Kier alpha value is -1.77. The lowest BCUT2D eigenvalue weighted by Crippen LogP contribution is -2.41. The number of amides is 2. The lowest BCUT2D eigenvalue weighted by atomic mass is 9.97. The van der Waals surface area contributed by atoms with E-state index in [1.807, 2.05) is 0 Å². The van der Waals surface area contributed by atoms with Crippen molar-refractivity contribution < 1.29 is 22.8 Å². The van der Waals surface area contributed by atoms with Gasteiger partial charge in [0.25, 0.3) is 0 Å². The topological polar surface area (TPSA) is 61.4 Å². The van der Waals surface area contributed by atoms with Crippen molar-refractivity contribution in [2.45, 2.75) is 31.9 Å². The highest BCUT2D eigenvalue weighted by atomic mass is 35.5. The van der Waals surface area contributed by atoms with Gasteiger partial charge in [0, 0.05) is 42.2 Å². The van der Waals surface area contributed by atoms with E-state index >= 15 is 0 Å². The molecule has 0 atom stereocenters. The minimum atomic E-state index is -4.31. The van der Waals surface area contributed by atoms with Crippen LogP contribution in [0.1, 0.15) is 31.2 Å². The van der Waals surface area contributed by atoms with Gasteiger partial charge in [0.05, 0.1) is 6.42 Å². The molecule has 5 nitrogen and oxygen atoms in total. The zero-order valence-electron chi connectivity index (χ0n) is 17.0. The van der Waals surface area contributed by atoms with Gasteiger partial charge in [-0.05, 0) is 61.7 Å². The fourth-order valence-corrected chi connectivity index (χ4v) is 3.80. The molecule has 0 bridgehead atoms. The van der Waals surface area contributed by atoms with Crippen molar-refractivity contribution in [2.24, 2.45) is 5.92 Å². The number of halogens is 5. The zero-order chi connectivity index (χ0) is 22.9. The van der Waals surface area contributed by atoms with Crippen LogP contribution in [0.15, 0.2) is 24.3 Å². The molecule has 1 fully saturated rings. The molecule has 0 unspecified atom stereocenters. The minimum absolute atomic E-state index is 0.194. The molecular weight excluding hydrogens is 454 g/mol. The highest BCUT2D eigenvalue weighted by molar-refractivity contribution is 6.34. The molecule has 1 aliphatic rings. The van der Waals surface area contributed by atoms with Crippen molar-refractivity contribution in [2.75, 3.05) is 32.7 Å². The number of hydrogen-bond donors (Lipinski definition) is 2. The Bertz CT molecular complexity index is 759. The number of carbonyl (C=O) groups excluding carboxylic acids is 2. The molecule has 0 aromatic heterocycles. The summed E-state index contributed by atoms with van der Waals surface area (Å²) in [6, 6.07) is 5.05. The fraction of sp³-hybridized carbons (Fsp3) is 0.524. The first-order chi connectivity index (χ1) is 14.6. The largest absolute Gasteiger partial charge is 0.389 e. The molecule has 0 aliphatic carbocycles. The summed E-state index contributed by atoms with van der Waals surface area (Å²) < 4.78 is 36.3. The molecule has 2 rings (SSSR count). The van der Waals surface area contributed by atoms with E-state index in [0.717, 1.165) is 31.5 Å². The van der Waals surface area contributed by atoms with Crippen LogP contribution in [0.3, 0.4) is 0 Å². The number of piperidine rings is 1. The molecule has 1 heterocycles. The van der Waals surface area contributed by atoms with Gasteiger partial charge in [-0.2, -0.15) is 13.2 Å². The van der Waals surface area contributed by atoms with Crippen molar-refractivity contribution in [1.82, 2.24) is 15.5 Å². The van der Waals surface area contributed by atoms with Crippen LogP contribution in [0.5, 0.6) is 0 Å². The molecule has 31 heavy (non-hydrogen) atoms. The van der Waals surface area contributed by atoms with Gasteiger partial charge in [0.15, 0.2) is 0 Å². The van der Waals surface area contributed by atoms with E-state index in [1.54, 1.807) is 24.3 Å². The Balaban J connectivity index is 1.59. The Morgan fingerprint density at radius 1 is 1.10 bits per heavy atom. The number of rotatable bonds is 9. The standard InChI is InChI=1S/C21H26Cl2F3N3O2/c22-17-11-16(12-18(23)13-17)1-2-19(30)28-14-15-4-8-29(9-5-15)10-7-27-20(31)3-6-21(24,25)26/h1-2,11-13,15H,3-10,14H2,(H,27,31)(H,28,30)/b2-1+. The molecule has 2 N–H and O–H groups in total. The Morgan fingerprint density at radius 3 is 2.35 bits per heavy atom. The summed E-state index contributed by atoms with van der Waals surface area (Å²) >= 11 is 11.9. The van der Waals surface area contributed by atoms with Crippen molar-refractivity contribution >= 4 is 41.1 Å². The SMILES string of the molecule is O=C(/C=C/c1cc(Cl)cc(Cl)c1)NCC1CCN(CCNC(=O)CCC(F)(F)F)CC1. The Labute approximate surface area is 189 Å². The molecule has 1 saturated heterocycles. The van der Waals surface area contributed by atoms with Gasteiger partial charge in [-0.25, -0.2) is 0 Å². The van der Waals surface area contributed by atoms with E-state index in [2.05, 4.69) is 15.5 Å². The number of nitrogens with zero attached hydrogens (tertiary/aromatic N) is 1. The first-order valence-corrected chi connectivity index (χ1v) is 10.8. The zero-order valence-corrected chi connectivity index (χ0v) is 18.5. The summed E-state index contributed by atoms with van der Waals surface area (Å²) in [6.45, 7) is 3.13. The maximum atomic E-state index is 12.1. The van der Waals surface area contributed by atoms with Crippen LogP contribution in [0, 0.1) is 5.92 Å². The second-order valence-electron chi connectivity index (χ2n) is 7.53. The quantitative estimate of drug-likeness (QED) is 0.519. The van der Waals surface area contributed by atoms with Crippen LogP contribution in [-0.4, -0.2) is 55.6 Å². The molecule has 0 spiro atoms. The van der Waals surface area contributed by atoms with Gasteiger partial charge in [-0.1, -0.05) is 23.2 Å². The first kappa shape index (κ1) is 25.5. The van der Waals surface area contributed by atoms with Crippen molar-refractivity contribution in [3.63, 3.8) is 0 Å². The third-order valence-electron chi connectivity index (χ3n) is 4.97. The summed E-state index contributed by atoms with van der Waals surface area (Å²) in [5, 5.41) is 6.42. The molecule has 10 heteroatoms. The Kier molecular flexibility index (Phi) is 10.1. The number of likely N-dealkylation sites (tertiary alicyclic amines) is 1. The smallest absolute Gasteiger partial charge is 0.355 e. The van der Waals surface area contributed by atoms with Crippen molar-refractivity contribution in [3.05, 3.63) is 39.9 Å². The summed E-state index contributed by atoms with van der Waals surface area (Å²) in [5.74, 6) is -0.418. The molecule has 2 amide bonds. The maximum Gasteiger partial charge on any atom is 0.389 e. The van der Waals surface area contributed by atoms with Crippen molar-refractivity contribution in [1.29, 1.82) is 0 Å². The van der Waals surface area contributed by atoms with Gasteiger partial charge in [0.1, 0.15) is 0 Å². The van der Waals surface area contributed by atoms with E-state index in [-0.39, 0.29) is 5.91 Å². The van der Waals surface area contributed by atoms with Gasteiger partial charge in [-0.3, -0.25) is 9.59 Å². The van der Waals surface area contributed by atoms with E-state index in [9.17, 15) is 22.8 Å². The molecule has 0 radical (unpaired) electrons. The first-order valence-electron chi connectivity index (χ1n) is 10.1. The van der Waals surface area contributed by atoms with E-state index < -0.39 is 24.9 Å².